The molecule has 0 saturated heterocycles. The van der Waals surface area contributed by atoms with Crippen molar-refractivity contribution in [3.05, 3.63) is 41.3 Å². The maximum Gasteiger partial charge on any atom is 0.162 e. The molecule has 1 aromatic heterocycles. The van der Waals surface area contributed by atoms with Gasteiger partial charge in [-0.05, 0) is 43.9 Å². The minimum Gasteiger partial charge on any atom is -0.370 e. The molecule has 21 heavy (non-hydrogen) atoms. The summed E-state index contributed by atoms with van der Waals surface area (Å²) in [5.41, 5.74) is 2.84. The van der Waals surface area contributed by atoms with Gasteiger partial charge in [-0.15, -0.1) is 0 Å². The third kappa shape index (κ3) is 3.20. The summed E-state index contributed by atoms with van der Waals surface area (Å²) in [6, 6.07) is 6.80. The van der Waals surface area contributed by atoms with Crippen LogP contribution >= 0.6 is 0 Å². The van der Waals surface area contributed by atoms with E-state index in [0.29, 0.717) is 11.7 Å². The van der Waals surface area contributed by atoms with Gasteiger partial charge in [0.2, 0.25) is 0 Å². The topological polar surface area (TPSA) is 37.8 Å². The van der Waals surface area contributed by atoms with E-state index in [1.54, 1.807) is 6.07 Å². The zero-order valence-electron chi connectivity index (χ0n) is 12.5. The zero-order valence-corrected chi connectivity index (χ0v) is 12.5. The number of aryl methyl sites for hydroxylation is 1. The second-order valence-corrected chi connectivity index (χ2v) is 5.66. The fraction of sp³-hybridized carbons (Fsp3) is 0.412. The Balaban J connectivity index is 2.03. The molecule has 1 saturated carbocycles. The first-order valence-corrected chi connectivity index (χ1v) is 7.56. The van der Waals surface area contributed by atoms with Gasteiger partial charge in [-0.1, -0.05) is 13.0 Å². The van der Waals surface area contributed by atoms with E-state index in [9.17, 15) is 4.39 Å². The van der Waals surface area contributed by atoms with Gasteiger partial charge in [0.05, 0.1) is 0 Å². The van der Waals surface area contributed by atoms with Crippen LogP contribution in [-0.4, -0.2) is 16.5 Å². The molecule has 1 fully saturated rings. The predicted octanol–water partition coefficient (Wildman–Crippen LogP) is 4.29. The SMILES string of the molecule is CCCNc1cc(C2CC2)nc(-c2cc(F)ccc2C)n1. The molecule has 0 amide bonds. The summed E-state index contributed by atoms with van der Waals surface area (Å²) >= 11 is 0. The van der Waals surface area contributed by atoms with Crippen molar-refractivity contribution in [2.75, 3.05) is 11.9 Å². The number of rotatable bonds is 5. The van der Waals surface area contributed by atoms with Crippen LogP contribution in [0.1, 0.15) is 43.4 Å². The van der Waals surface area contributed by atoms with E-state index in [-0.39, 0.29) is 5.82 Å². The van der Waals surface area contributed by atoms with Crippen molar-refractivity contribution in [3.8, 4) is 11.4 Å². The number of aromatic nitrogens is 2. The first kappa shape index (κ1) is 14.0. The molecule has 0 radical (unpaired) electrons. The van der Waals surface area contributed by atoms with Crippen molar-refractivity contribution in [2.24, 2.45) is 0 Å². The smallest absolute Gasteiger partial charge is 0.162 e. The van der Waals surface area contributed by atoms with Crippen LogP contribution in [0, 0.1) is 12.7 Å². The summed E-state index contributed by atoms with van der Waals surface area (Å²) in [6.07, 6.45) is 3.41. The second kappa shape index (κ2) is 5.80. The average molecular weight is 285 g/mol. The molecule has 0 spiro atoms. The van der Waals surface area contributed by atoms with Crippen molar-refractivity contribution < 1.29 is 4.39 Å². The molecule has 4 heteroatoms. The molecule has 1 aromatic carbocycles. The highest BCUT2D eigenvalue weighted by molar-refractivity contribution is 5.62. The molecule has 0 atom stereocenters. The second-order valence-electron chi connectivity index (χ2n) is 5.66. The van der Waals surface area contributed by atoms with E-state index in [0.717, 1.165) is 35.6 Å². The van der Waals surface area contributed by atoms with Crippen LogP contribution in [-0.2, 0) is 0 Å². The van der Waals surface area contributed by atoms with Gasteiger partial charge in [-0.2, -0.15) is 0 Å². The van der Waals surface area contributed by atoms with Gasteiger partial charge >= 0.3 is 0 Å². The van der Waals surface area contributed by atoms with Crippen LogP contribution in [0.2, 0.25) is 0 Å². The minimum atomic E-state index is -0.251. The van der Waals surface area contributed by atoms with Crippen LogP contribution in [0.5, 0.6) is 0 Å². The highest BCUT2D eigenvalue weighted by atomic mass is 19.1. The first-order valence-electron chi connectivity index (χ1n) is 7.56. The van der Waals surface area contributed by atoms with Crippen LogP contribution in [0.15, 0.2) is 24.3 Å². The summed E-state index contributed by atoms with van der Waals surface area (Å²) in [7, 11) is 0. The zero-order chi connectivity index (χ0) is 14.8. The van der Waals surface area contributed by atoms with Gasteiger partial charge in [0.25, 0.3) is 0 Å². The summed E-state index contributed by atoms with van der Waals surface area (Å²) in [5.74, 6) is 1.75. The molecular weight excluding hydrogens is 265 g/mol. The van der Waals surface area contributed by atoms with Crippen molar-refractivity contribution >= 4 is 5.82 Å². The molecule has 2 aromatic rings. The number of nitrogens with zero attached hydrogens (tertiary/aromatic N) is 2. The summed E-state index contributed by atoms with van der Waals surface area (Å²) in [5, 5.41) is 3.32. The number of hydrogen-bond donors (Lipinski definition) is 1. The fourth-order valence-electron chi connectivity index (χ4n) is 2.35. The molecule has 3 rings (SSSR count). The normalized spacial score (nSPS) is 14.2. The summed E-state index contributed by atoms with van der Waals surface area (Å²) in [4.78, 5) is 9.22. The van der Waals surface area contributed by atoms with Crippen molar-refractivity contribution in [3.63, 3.8) is 0 Å². The Kier molecular flexibility index (Phi) is 3.86. The maximum absolute atomic E-state index is 13.5. The molecule has 0 aliphatic heterocycles. The van der Waals surface area contributed by atoms with Gasteiger partial charge in [-0.25, -0.2) is 14.4 Å². The Hall–Kier alpha value is -1.97. The summed E-state index contributed by atoms with van der Waals surface area (Å²) < 4.78 is 13.5. The molecule has 1 aliphatic rings. The molecule has 1 aliphatic carbocycles. The third-order valence-corrected chi connectivity index (χ3v) is 3.74. The standard InChI is InChI=1S/C17H20FN3/c1-3-8-19-16-10-15(12-5-6-12)20-17(21-16)14-9-13(18)7-4-11(14)2/h4,7,9-10,12H,3,5-6,8H2,1-2H3,(H,19,20,21). The van der Waals surface area contributed by atoms with E-state index >= 15 is 0 Å². The van der Waals surface area contributed by atoms with E-state index in [1.807, 2.05) is 13.0 Å². The van der Waals surface area contributed by atoms with Gasteiger partial charge in [0.1, 0.15) is 11.6 Å². The molecule has 110 valence electrons. The number of anilines is 1. The molecular formula is C17H20FN3. The Bertz CT molecular complexity index is 650. The molecule has 0 unspecified atom stereocenters. The molecule has 0 bridgehead atoms. The van der Waals surface area contributed by atoms with Crippen molar-refractivity contribution in [1.82, 2.24) is 9.97 Å². The van der Waals surface area contributed by atoms with Crippen LogP contribution in [0.4, 0.5) is 10.2 Å². The van der Waals surface area contributed by atoms with Crippen molar-refractivity contribution in [2.45, 2.75) is 39.0 Å². The van der Waals surface area contributed by atoms with E-state index in [1.165, 1.54) is 25.0 Å². The van der Waals surface area contributed by atoms with Crippen molar-refractivity contribution in [1.29, 1.82) is 0 Å². The molecule has 1 heterocycles. The quantitative estimate of drug-likeness (QED) is 0.890. The Labute approximate surface area is 124 Å². The highest BCUT2D eigenvalue weighted by Gasteiger charge is 2.26. The average Bonchev–Trinajstić information content (AvgIpc) is 3.32. The van der Waals surface area contributed by atoms with Gasteiger partial charge in [0.15, 0.2) is 5.82 Å². The number of benzene rings is 1. The monoisotopic (exact) mass is 285 g/mol. The predicted molar refractivity (Wildman–Crippen MR) is 82.9 cm³/mol. The Morgan fingerprint density at radius 2 is 2.05 bits per heavy atom. The molecule has 1 N–H and O–H groups in total. The maximum atomic E-state index is 13.5. The number of halogens is 1. The lowest BCUT2D eigenvalue weighted by Crippen LogP contribution is -2.05. The van der Waals surface area contributed by atoms with Gasteiger partial charge in [-0.3, -0.25) is 0 Å². The van der Waals surface area contributed by atoms with E-state index < -0.39 is 0 Å². The highest BCUT2D eigenvalue weighted by Crippen LogP contribution is 2.40. The lowest BCUT2D eigenvalue weighted by atomic mass is 10.1. The fourth-order valence-corrected chi connectivity index (χ4v) is 2.35. The number of nitrogens with one attached hydrogen (secondary N) is 1. The summed E-state index contributed by atoms with van der Waals surface area (Å²) in [6.45, 7) is 4.96. The van der Waals surface area contributed by atoms with Crippen LogP contribution in [0.3, 0.4) is 0 Å². The lowest BCUT2D eigenvalue weighted by Gasteiger charge is -2.11. The minimum absolute atomic E-state index is 0.251. The van der Waals surface area contributed by atoms with Crippen LogP contribution in [0.25, 0.3) is 11.4 Å². The number of hydrogen-bond acceptors (Lipinski definition) is 3. The van der Waals surface area contributed by atoms with Gasteiger partial charge < -0.3 is 5.32 Å². The van der Waals surface area contributed by atoms with E-state index in [4.69, 9.17) is 0 Å². The van der Waals surface area contributed by atoms with Crippen LogP contribution < -0.4 is 5.32 Å². The van der Waals surface area contributed by atoms with E-state index in [2.05, 4.69) is 22.2 Å². The Morgan fingerprint density at radius 3 is 2.76 bits per heavy atom. The van der Waals surface area contributed by atoms with Gasteiger partial charge in [0, 0.05) is 29.8 Å². The Morgan fingerprint density at radius 1 is 1.24 bits per heavy atom. The third-order valence-electron chi connectivity index (χ3n) is 3.74. The largest absolute Gasteiger partial charge is 0.370 e. The lowest BCUT2D eigenvalue weighted by molar-refractivity contribution is 0.627. The first-order chi connectivity index (χ1) is 10.2. The molecule has 3 nitrogen and oxygen atoms in total.